The molecule has 0 aliphatic heterocycles. The van der Waals surface area contributed by atoms with Crippen LogP contribution in [0.25, 0.3) is 5.69 Å². The predicted octanol–water partition coefficient (Wildman–Crippen LogP) is 3.62. The zero-order valence-electron chi connectivity index (χ0n) is 12.1. The van der Waals surface area contributed by atoms with Crippen LogP contribution in [0.4, 0.5) is 4.39 Å². The van der Waals surface area contributed by atoms with E-state index in [2.05, 4.69) is 4.98 Å². The van der Waals surface area contributed by atoms with Gasteiger partial charge in [0.1, 0.15) is 5.82 Å². The summed E-state index contributed by atoms with van der Waals surface area (Å²) < 4.78 is 15.7. The number of hydrogen-bond acceptors (Lipinski definition) is 3. The average Bonchev–Trinajstić information content (AvgIpc) is 2.83. The van der Waals surface area contributed by atoms with Crippen LogP contribution in [0.5, 0.6) is 0 Å². The van der Waals surface area contributed by atoms with Crippen molar-refractivity contribution in [1.82, 2.24) is 9.55 Å². The molecule has 1 heterocycles. The summed E-state index contributed by atoms with van der Waals surface area (Å²) in [7, 11) is 0. The molecule has 0 atom stereocenters. The minimum atomic E-state index is -0.906. The highest BCUT2D eigenvalue weighted by atomic mass is 32.2. The SMILES string of the molecule is Cc1c(F)cccc1-n1c(C(C)C)cnc1SCC(=O)O. The number of hydrogen-bond donors (Lipinski definition) is 1. The number of halogens is 1. The number of thioether (sulfide) groups is 1. The molecule has 1 aromatic carbocycles. The van der Waals surface area contributed by atoms with Crippen molar-refractivity contribution in [2.45, 2.75) is 31.8 Å². The van der Waals surface area contributed by atoms with Crippen molar-refractivity contribution in [3.05, 3.63) is 41.5 Å². The molecule has 2 rings (SSSR count). The normalized spacial score (nSPS) is 11.1. The minimum Gasteiger partial charge on any atom is -0.481 e. The fourth-order valence-corrected chi connectivity index (χ4v) is 2.78. The summed E-state index contributed by atoms with van der Waals surface area (Å²) in [6.45, 7) is 5.75. The monoisotopic (exact) mass is 308 g/mol. The molecule has 0 amide bonds. The van der Waals surface area contributed by atoms with Gasteiger partial charge in [-0.05, 0) is 25.0 Å². The molecule has 0 unspecified atom stereocenters. The topological polar surface area (TPSA) is 55.1 Å². The average molecular weight is 308 g/mol. The number of nitrogens with zero attached hydrogens (tertiary/aromatic N) is 2. The zero-order chi connectivity index (χ0) is 15.6. The Morgan fingerprint density at radius 3 is 2.81 bits per heavy atom. The molecule has 6 heteroatoms. The molecule has 21 heavy (non-hydrogen) atoms. The van der Waals surface area contributed by atoms with Crippen LogP contribution in [0.2, 0.25) is 0 Å². The molecule has 0 spiro atoms. The first-order valence-corrected chi connectivity index (χ1v) is 7.58. The zero-order valence-corrected chi connectivity index (χ0v) is 12.9. The first-order valence-electron chi connectivity index (χ1n) is 6.59. The van der Waals surface area contributed by atoms with Crippen LogP contribution >= 0.6 is 11.8 Å². The number of carboxylic acids is 1. The van der Waals surface area contributed by atoms with E-state index in [1.165, 1.54) is 6.07 Å². The van der Waals surface area contributed by atoms with Crippen LogP contribution in [-0.2, 0) is 4.79 Å². The summed E-state index contributed by atoms with van der Waals surface area (Å²) in [5.74, 6) is -1.08. The molecule has 0 aliphatic carbocycles. The van der Waals surface area contributed by atoms with Crippen molar-refractivity contribution in [3.8, 4) is 5.69 Å². The van der Waals surface area contributed by atoms with Gasteiger partial charge in [-0.15, -0.1) is 0 Å². The first-order chi connectivity index (χ1) is 9.91. The third-order valence-corrected chi connectivity index (χ3v) is 4.09. The van der Waals surface area contributed by atoms with E-state index in [1.54, 1.807) is 19.2 Å². The summed E-state index contributed by atoms with van der Waals surface area (Å²) in [6, 6.07) is 4.87. The van der Waals surface area contributed by atoms with E-state index in [-0.39, 0.29) is 17.5 Å². The highest BCUT2D eigenvalue weighted by Gasteiger charge is 2.18. The molecule has 1 N–H and O–H groups in total. The Labute approximate surface area is 127 Å². The Kier molecular flexibility index (Phi) is 4.67. The lowest BCUT2D eigenvalue weighted by atomic mass is 10.1. The van der Waals surface area contributed by atoms with Gasteiger partial charge in [-0.2, -0.15) is 0 Å². The molecule has 0 fully saturated rings. The van der Waals surface area contributed by atoms with Crippen molar-refractivity contribution in [3.63, 3.8) is 0 Å². The van der Waals surface area contributed by atoms with Gasteiger partial charge < -0.3 is 5.11 Å². The standard InChI is InChI=1S/C15H17FN2O2S/c1-9(2)13-7-17-15(21-8-14(19)20)18(13)12-6-4-5-11(16)10(12)3/h4-7,9H,8H2,1-3H3,(H,19,20). The Morgan fingerprint density at radius 1 is 1.48 bits per heavy atom. The van der Waals surface area contributed by atoms with Gasteiger partial charge in [-0.1, -0.05) is 31.7 Å². The van der Waals surface area contributed by atoms with Crippen molar-refractivity contribution in [1.29, 1.82) is 0 Å². The smallest absolute Gasteiger partial charge is 0.313 e. The third-order valence-electron chi connectivity index (χ3n) is 3.15. The van der Waals surface area contributed by atoms with Gasteiger partial charge in [0.25, 0.3) is 0 Å². The minimum absolute atomic E-state index is 0.0804. The second-order valence-corrected chi connectivity index (χ2v) is 5.96. The predicted molar refractivity (Wildman–Crippen MR) is 80.7 cm³/mol. The Hall–Kier alpha value is -1.82. The van der Waals surface area contributed by atoms with Crippen molar-refractivity contribution < 1.29 is 14.3 Å². The molecule has 1 aromatic heterocycles. The molecule has 2 aromatic rings. The second-order valence-electron chi connectivity index (χ2n) is 5.02. The molecule has 0 saturated carbocycles. The van der Waals surface area contributed by atoms with E-state index in [9.17, 15) is 9.18 Å². The van der Waals surface area contributed by atoms with Crippen LogP contribution in [0.1, 0.15) is 31.0 Å². The van der Waals surface area contributed by atoms with E-state index in [0.717, 1.165) is 17.5 Å². The molecule has 0 bridgehead atoms. The maximum absolute atomic E-state index is 13.8. The van der Waals surface area contributed by atoms with Crippen molar-refractivity contribution >= 4 is 17.7 Å². The molecule has 0 radical (unpaired) electrons. The molecule has 0 aliphatic rings. The molecule has 0 saturated heterocycles. The van der Waals surface area contributed by atoms with Crippen LogP contribution in [-0.4, -0.2) is 26.4 Å². The molecular weight excluding hydrogens is 291 g/mol. The van der Waals surface area contributed by atoms with Crippen LogP contribution < -0.4 is 0 Å². The largest absolute Gasteiger partial charge is 0.481 e. The quantitative estimate of drug-likeness (QED) is 0.857. The highest BCUT2D eigenvalue weighted by Crippen LogP contribution is 2.29. The van der Waals surface area contributed by atoms with E-state index >= 15 is 0 Å². The van der Waals surface area contributed by atoms with E-state index in [0.29, 0.717) is 16.4 Å². The van der Waals surface area contributed by atoms with Crippen molar-refractivity contribution in [2.75, 3.05) is 5.75 Å². The van der Waals surface area contributed by atoms with E-state index in [1.807, 2.05) is 24.5 Å². The first kappa shape index (κ1) is 15.6. The summed E-state index contributed by atoms with van der Waals surface area (Å²) in [5, 5.41) is 9.40. The van der Waals surface area contributed by atoms with Gasteiger partial charge in [0.2, 0.25) is 0 Å². The van der Waals surface area contributed by atoms with E-state index < -0.39 is 5.97 Å². The lowest BCUT2D eigenvalue weighted by Gasteiger charge is -2.16. The van der Waals surface area contributed by atoms with E-state index in [4.69, 9.17) is 5.11 Å². The Bertz CT molecular complexity index is 668. The molecule has 4 nitrogen and oxygen atoms in total. The van der Waals surface area contributed by atoms with Gasteiger partial charge in [0, 0.05) is 11.3 Å². The van der Waals surface area contributed by atoms with Crippen LogP contribution in [0, 0.1) is 12.7 Å². The maximum atomic E-state index is 13.8. The third kappa shape index (κ3) is 3.26. The maximum Gasteiger partial charge on any atom is 0.313 e. The Balaban J connectivity index is 2.55. The molecular formula is C15H17FN2O2S. The van der Waals surface area contributed by atoms with Gasteiger partial charge in [0.05, 0.1) is 17.6 Å². The van der Waals surface area contributed by atoms with Gasteiger partial charge in [0.15, 0.2) is 5.16 Å². The number of imidazole rings is 1. The fourth-order valence-electron chi connectivity index (χ4n) is 2.06. The summed E-state index contributed by atoms with van der Waals surface area (Å²) in [4.78, 5) is 15.1. The number of carboxylic acid groups (broad SMARTS) is 1. The lowest BCUT2D eigenvalue weighted by molar-refractivity contribution is -0.133. The molecule has 112 valence electrons. The summed E-state index contributed by atoms with van der Waals surface area (Å²) >= 11 is 1.13. The van der Waals surface area contributed by atoms with Crippen molar-refractivity contribution in [2.24, 2.45) is 0 Å². The van der Waals surface area contributed by atoms with Gasteiger partial charge >= 0.3 is 5.97 Å². The number of rotatable bonds is 5. The number of aliphatic carboxylic acids is 1. The van der Waals surface area contributed by atoms with Crippen LogP contribution in [0.3, 0.4) is 0 Å². The lowest BCUT2D eigenvalue weighted by Crippen LogP contribution is -2.07. The van der Waals surface area contributed by atoms with Gasteiger partial charge in [-0.25, -0.2) is 9.37 Å². The highest BCUT2D eigenvalue weighted by molar-refractivity contribution is 7.99. The number of aromatic nitrogens is 2. The summed E-state index contributed by atoms with van der Waals surface area (Å²) in [5.41, 5.74) is 2.15. The second kappa shape index (κ2) is 6.30. The van der Waals surface area contributed by atoms with Gasteiger partial charge in [-0.3, -0.25) is 9.36 Å². The number of benzene rings is 1. The van der Waals surface area contributed by atoms with Crippen LogP contribution in [0.15, 0.2) is 29.6 Å². The number of carbonyl (C=O) groups is 1. The summed E-state index contributed by atoms with van der Waals surface area (Å²) in [6.07, 6.45) is 1.72. The Morgan fingerprint density at radius 2 is 2.19 bits per heavy atom. The fraction of sp³-hybridized carbons (Fsp3) is 0.333.